The van der Waals surface area contributed by atoms with Crippen LogP contribution in [0.15, 0.2) is 212 Å². The molecule has 10 aromatic rings. The molecule has 3 nitrogen and oxygen atoms in total. The largest absolute Gasteiger partial charge is 0.471 e. The van der Waals surface area contributed by atoms with Crippen molar-refractivity contribution in [2.45, 2.75) is 69.3 Å². The number of aromatic nitrogens is 1. The lowest BCUT2D eigenvalue weighted by Crippen LogP contribution is -2.62. The third-order valence-corrected chi connectivity index (χ3v) is 15.1. The van der Waals surface area contributed by atoms with Gasteiger partial charge in [-0.05, 0) is 147 Å². The summed E-state index contributed by atoms with van der Waals surface area (Å²) in [7, 11) is 0. The second-order valence-electron chi connectivity index (χ2n) is 20.1. The first kappa shape index (κ1) is 50.0. The highest BCUT2D eigenvalue weighted by Crippen LogP contribution is 2.57. The lowest BCUT2D eigenvalue weighted by atomic mass is 9.82. The van der Waals surface area contributed by atoms with Crippen LogP contribution in [0, 0.1) is 0 Å². The zero-order valence-corrected chi connectivity index (χ0v) is 41.8. The molecule has 382 valence electrons. The Hall–Kier alpha value is -8.18. The minimum Gasteiger partial charge on any atom is -0.428 e. The van der Waals surface area contributed by atoms with Crippen LogP contribution in [0.25, 0.3) is 60.9 Å². The van der Waals surface area contributed by atoms with Gasteiger partial charge in [0.05, 0.1) is 11.0 Å². The molecule has 9 aromatic carbocycles. The Morgan fingerprint density at radius 1 is 0.487 bits per heavy atom. The fourth-order valence-electron chi connectivity index (χ4n) is 10.6. The Balaban J connectivity index is 0.973. The van der Waals surface area contributed by atoms with E-state index in [9.17, 15) is 0 Å². The van der Waals surface area contributed by atoms with E-state index in [1.54, 1.807) is 47.0 Å². The van der Waals surface area contributed by atoms with Crippen molar-refractivity contribution >= 4 is 38.9 Å². The summed E-state index contributed by atoms with van der Waals surface area (Å²) < 4.78 is 132. The minimum atomic E-state index is -6.69. The van der Waals surface area contributed by atoms with Gasteiger partial charge in [0.1, 0.15) is 5.75 Å². The summed E-state index contributed by atoms with van der Waals surface area (Å²) in [5.41, 5.74) is 11.2. The number of ether oxygens (including phenoxy) is 1. The van der Waals surface area contributed by atoms with Gasteiger partial charge in [-0.2, -0.15) is 35.1 Å². The molecule has 1 unspecified atom stereocenters. The molecule has 1 aromatic heterocycles. The molecule has 11 heteroatoms. The summed E-state index contributed by atoms with van der Waals surface area (Å²) in [6, 6.07) is 62.3. The second kappa shape index (κ2) is 18.6. The SMILES string of the molecule is CCC(C)c1ccc(OC(F)(F)C(F)(F)C(F)(F)C(F)(F)c2ccc3c(c2)c2cc(-c4ccc(N(c5ccc(-c6ccccc6)cc5)c5ccc6c(c5)C(C)(C)c5ccccc5-6)cc4)ccc2n3-c2ccccc2)cc1. The Labute approximate surface area is 435 Å². The first-order valence-corrected chi connectivity index (χ1v) is 25.1. The third-order valence-electron chi connectivity index (χ3n) is 15.1. The maximum absolute atomic E-state index is 16.3. The molecule has 1 aliphatic rings. The molecule has 0 fully saturated rings. The number of hydrogen-bond acceptors (Lipinski definition) is 2. The monoisotopic (exact) mass is 1030 g/mol. The van der Waals surface area contributed by atoms with E-state index < -0.39 is 35.2 Å². The number of fused-ring (bicyclic) bond motifs is 6. The fraction of sp³-hybridized carbons (Fsp3) is 0.169. The summed E-state index contributed by atoms with van der Waals surface area (Å²) in [4.78, 5) is 2.18. The molecule has 0 saturated heterocycles. The molecule has 0 aliphatic heterocycles. The summed E-state index contributed by atoms with van der Waals surface area (Å²) >= 11 is 0. The van der Waals surface area contributed by atoms with Crippen LogP contribution >= 0.6 is 0 Å². The molecule has 0 N–H and O–H groups in total. The van der Waals surface area contributed by atoms with Gasteiger partial charge in [0.15, 0.2) is 0 Å². The molecule has 0 amide bonds. The second-order valence-corrected chi connectivity index (χ2v) is 20.1. The average Bonchev–Trinajstić information content (AvgIpc) is 3.93. The summed E-state index contributed by atoms with van der Waals surface area (Å²) in [6.07, 6.45) is -5.38. The van der Waals surface area contributed by atoms with E-state index in [1.807, 2.05) is 62.4 Å². The Morgan fingerprint density at radius 2 is 1.00 bits per heavy atom. The van der Waals surface area contributed by atoms with Crippen LogP contribution in [-0.4, -0.2) is 22.5 Å². The molecule has 0 bridgehead atoms. The van der Waals surface area contributed by atoms with Gasteiger partial charge in [-0.3, -0.25) is 0 Å². The number of benzene rings is 9. The van der Waals surface area contributed by atoms with Crippen molar-refractivity contribution in [3.63, 3.8) is 0 Å². The molecule has 0 spiro atoms. The van der Waals surface area contributed by atoms with E-state index >= 15 is 35.1 Å². The molecular weight excluding hydrogens is 977 g/mol. The standard InChI is InChI=1S/C65H50F8N2O/c1-5-41(2)42-24-33-52(34-25-42)76-65(72,73)64(70,71)63(68,69)62(66,67)47-27-37-60-56(39-47)55-38-46(26-36-59(55)75(60)48-16-10-7-11-17-48)45-22-30-50(31-23-45)74(49-28-20-44(21-29-49)43-14-8-6-9-15-43)51-32-35-54-53-18-12-13-19-57(53)61(3,4)58(54)40-51/h6-41H,5H2,1-4H3. The highest BCUT2D eigenvalue weighted by molar-refractivity contribution is 6.11. The van der Waals surface area contributed by atoms with Crippen molar-refractivity contribution in [3.05, 3.63) is 235 Å². The number of para-hydroxylation sites is 1. The van der Waals surface area contributed by atoms with Gasteiger partial charge in [-0.15, -0.1) is 0 Å². The van der Waals surface area contributed by atoms with Gasteiger partial charge in [0.25, 0.3) is 0 Å². The summed E-state index contributed by atoms with van der Waals surface area (Å²) in [5.74, 6) is -20.1. The van der Waals surface area contributed by atoms with Crippen molar-refractivity contribution in [3.8, 4) is 44.8 Å². The van der Waals surface area contributed by atoms with Crippen molar-refractivity contribution in [1.82, 2.24) is 4.57 Å². The molecule has 1 heterocycles. The normalized spacial score (nSPS) is 13.9. The van der Waals surface area contributed by atoms with Crippen molar-refractivity contribution in [2.24, 2.45) is 0 Å². The summed E-state index contributed by atoms with van der Waals surface area (Å²) in [5, 5.41) is 0.328. The predicted molar refractivity (Wildman–Crippen MR) is 288 cm³/mol. The van der Waals surface area contributed by atoms with Crippen molar-refractivity contribution < 1.29 is 39.9 Å². The Bertz CT molecular complexity index is 3760. The number of alkyl halides is 8. The van der Waals surface area contributed by atoms with E-state index in [4.69, 9.17) is 0 Å². The molecule has 1 aliphatic carbocycles. The van der Waals surface area contributed by atoms with Gasteiger partial charge >= 0.3 is 23.9 Å². The van der Waals surface area contributed by atoms with Gasteiger partial charge in [0, 0.05) is 44.5 Å². The van der Waals surface area contributed by atoms with E-state index in [-0.39, 0.29) is 22.2 Å². The van der Waals surface area contributed by atoms with E-state index in [0.29, 0.717) is 46.3 Å². The van der Waals surface area contributed by atoms with Crippen LogP contribution in [0.2, 0.25) is 0 Å². The summed E-state index contributed by atoms with van der Waals surface area (Å²) in [6.45, 7) is 8.18. The first-order valence-electron chi connectivity index (χ1n) is 25.1. The lowest BCUT2D eigenvalue weighted by Gasteiger charge is -2.36. The van der Waals surface area contributed by atoms with Crippen LogP contribution in [0.1, 0.15) is 62.3 Å². The number of halogens is 8. The van der Waals surface area contributed by atoms with E-state index in [0.717, 1.165) is 52.0 Å². The molecule has 1 atom stereocenters. The van der Waals surface area contributed by atoms with Crippen LogP contribution in [0.5, 0.6) is 5.75 Å². The van der Waals surface area contributed by atoms with Gasteiger partial charge in [0.2, 0.25) is 0 Å². The highest BCUT2D eigenvalue weighted by Gasteiger charge is 2.82. The maximum atomic E-state index is 16.3. The molecule has 76 heavy (non-hydrogen) atoms. The predicted octanol–water partition coefficient (Wildman–Crippen LogP) is 19.4. The molecule has 11 rings (SSSR count). The topological polar surface area (TPSA) is 17.4 Å². The maximum Gasteiger partial charge on any atom is 0.471 e. The number of anilines is 3. The molecule has 0 saturated carbocycles. The minimum absolute atomic E-state index is 0.00447. The molecular formula is C65H50F8N2O. The van der Waals surface area contributed by atoms with Gasteiger partial charge < -0.3 is 14.2 Å². The van der Waals surface area contributed by atoms with Crippen LogP contribution < -0.4 is 9.64 Å². The van der Waals surface area contributed by atoms with E-state index in [2.05, 4.69) is 102 Å². The highest BCUT2D eigenvalue weighted by atomic mass is 19.4. The van der Waals surface area contributed by atoms with Crippen LogP contribution in [-0.2, 0) is 11.3 Å². The van der Waals surface area contributed by atoms with Crippen LogP contribution in [0.3, 0.4) is 0 Å². The Morgan fingerprint density at radius 3 is 1.63 bits per heavy atom. The first-order chi connectivity index (χ1) is 36.3. The number of nitrogens with zero attached hydrogens (tertiary/aromatic N) is 2. The average molecular weight is 1030 g/mol. The molecule has 0 radical (unpaired) electrons. The fourth-order valence-corrected chi connectivity index (χ4v) is 10.6. The quantitative estimate of drug-likeness (QED) is 0.101. The number of hydrogen-bond donors (Lipinski definition) is 0. The lowest BCUT2D eigenvalue weighted by molar-refractivity contribution is -0.411. The van der Waals surface area contributed by atoms with Crippen molar-refractivity contribution in [1.29, 1.82) is 0 Å². The van der Waals surface area contributed by atoms with Crippen LogP contribution in [0.4, 0.5) is 52.2 Å². The zero-order chi connectivity index (χ0) is 53.4. The van der Waals surface area contributed by atoms with Gasteiger partial charge in [-0.25, -0.2) is 0 Å². The van der Waals surface area contributed by atoms with E-state index in [1.165, 1.54) is 34.4 Å². The van der Waals surface area contributed by atoms with Gasteiger partial charge in [-0.1, -0.05) is 155 Å². The smallest absolute Gasteiger partial charge is 0.428 e. The zero-order valence-electron chi connectivity index (χ0n) is 41.8. The third kappa shape index (κ3) is 8.18. The Kier molecular flexibility index (Phi) is 12.2. The number of rotatable bonds is 14. The van der Waals surface area contributed by atoms with Crippen molar-refractivity contribution in [2.75, 3.05) is 4.90 Å².